The average molecular weight is 401 g/mol. The van der Waals surface area contributed by atoms with Crippen molar-refractivity contribution in [2.24, 2.45) is 5.10 Å². The van der Waals surface area contributed by atoms with Crippen LogP contribution < -0.4 is 10.7 Å². The van der Waals surface area contributed by atoms with E-state index in [1.165, 1.54) is 0 Å². The molecule has 1 heterocycles. The molecule has 0 atom stereocenters. The van der Waals surface area contributed by atoms with Gasteiger partial charge in [0, 0.05) is 0 Å². The molecule has 30 heavy (non-hydrogen) atoms. The third kappa shape index (κ3) is 6.04. The Morgan fingerprint density at radius 3 is 2.17 bits per heavy atom. The number of carbonyl (C=O) groups is 2. The number of hydrogen-bond donors (Lipinski definition) is 2. The molecular weight excluding hydrogens is 378 g/mol. The Labute approximate surface area is 175 Å². The molecule has 0 spiro atoms. The number of nitrogens with one attached hydrogen (secondary N) is 2. The fraction of sp³-hybridized carbons (Fsp3) is 0.125. The summed E-state index contributed by atoms with van der Waals surface area (Å²) in [4.78, 5) is 25.0. The van der Waals surface area contributed by atoms with Crippen molar-refractivity contribution in [1.82, 2.24) is 10.7 Å². The minimum atomic E-state index is -0.498. The van der Waals surface area contributed by atoms with Crippen molar-refractivity contribution < 1.29 is 14.0 Å². The van der Waals surface area contributed by atoms with Crippen molar-refractivity contribution in [3.8, 4) is 0 Å². The lowest BCUT2D eigenvalue weighted by molar-refractivity contribution is -0.126. The van der Waals surface area contributed by atoms with Crippen molar-refractivity contribution in [2.75, 3.05) is 6.54 Å². The molecule has 152 valence electrons. The molecule has 0 saturated carbocycles. The number of allylic oxidation sites excluding steroid dienone is 1. The second kappa shape index (κ2) is 10.6. The third-order valence-electron chi connectivity index (χ3n) is 4.34. The van der Waals surface area contributed by atoms with E-state index in [1.807, 2.05) is 66.7 Å². The van der Waals surface area contributed by atoms with Crippen LogP contribution in [0.3, 0.4) is 0 Å². The number of carbonyl (C=O) groups excluding carboxylic acids is 2. The second-order valence-corrected chi connectivity index (χ2v) is 6.61. The lowest BCUT2D eigenvalue weighted by Gasteiger charge is -2.17. The average Bonchev–Trinajstić information content (AvgIpc) is 3.30. The van der Waals surface area contributed by atoms with Crippen LogP contribution in [0.25, 0.3) is 6.08 Å². The van der Waals surface area contributed by atoms with E-state index in [1.54, 1.807) is 31.4 Å². The molecule has 0 fully saturated rings. The molecule has 6 heteroatoms. The number of rotatable bonds is 8. The van der Waals surface area contributed by atoms with Gasteiger partial charge < -0.3 is 9.73 Å². The highest BCUT2D eigenvalue weighted by atomic mass is 16.3. The third-order valence-corrected chi connectivity index (χ3v) is 4.34. The lowest BCUT2D eigenvalue weighted by atomic mass is 9.90. The number of hydrazone groups is 1. The molecule has 1 aromatic heterocycles. The summed E-state index contributed by atoms with van der Waals surface area (Å²) < 4.78 is 5.19. The van der Waals surface area contributed by atoms with Gasteiger partial charge in [0.1, 0.15) is 5.76 Å². The maximum atomic E-state index is 12.9. The number of hydrogen-bond acceptors (Lipinski definition) is 4. The maximum absolute atomic E-state index is 12.9. The molecule has 0 radical (unpaired) electrons. The van der Waals surface area contributed by atoms with E-state index in [0.717, 1.165) is 11.1 Å². The topological polar surface area (TPSA) is 83.7 Å². The van der Waals surface area contributed by atoms with Gasteiger partial charge in [-0.2, -0.15) is 5.10 Å². The minimum Gasteiger partial charge on any atom is -0.465 e. The zero-order chi connectivity index (χ0) is 21.2. The number of benzene rings is 2. The summed E-state index contributed by atoms with van der Waals surface area (Å²) in [6.45, 7) is 1.58. The zero-order valence-corrected chi connectivity index (χ0v) is 16.6. The number of amides is 2. The lowest BCUT2D eigenvalue weighted by Crippen LogP contribution is -2.38. The van der Waals surface area contributed by atoms with Crippen LogP contribution in [-0.4, -0.2) is 24.1 Å². The van der Waals surface area contributed by atoms with Crippen molar-refractivity contribution in [3.05, 3.63) is 102 Å². The van der Waals surface area contributed by atoms with Gasteiger partial charge in [0.15, 0.2) is 0 Å². The van der Waals surface area contributed by atoms with Crippen LogP contribution >= 0.6 is 0 Å². The molecule has 3 rings (SSSR count). The van der Waals surface area contributed by atoms with E-state index < -0.39 is 11.8 Å². The van der Waals surface area contributed by atoms with Crippen LogP contribution in [0.4, 0.5) is 0 Å². The largest absolute Gasteiger partial charge is 0.465 e. The SMILES string of the molecule is CC(C=Cc1ccco1)=NNC(=O)CNC(=O)C(c1ccccc1)c1ccccc1. The van der Waals surface area contributed by atoms with E-state index >= 15 is 0 Å². The van der Waals surface area contributed by atoms with Crippen LogP contribution in [0, 0.1) is 0 Å². The normalized spacial score (nSPS) is 11.6. The first-order valence-electron chi connectivity index (χ1n) is 9.56. The molecule has 6 nitrogen and oxygen atoms in total. The van der Waals surface area contributed by atoms with Crippen LogP contribution in [0.5, 0.6) is 0 Å². The number of nitrogens with zero attached hydrogens (tertiary/aromatic N) is 1. The molecule has 2 N–H and O–H groups in total. The summed E-state index contributed by atoms with van der Waals surface area (Å²) in [6, 6.07) is 22.5. The predicted molar refractivity (Wildman–Crippen MR) is 117 cm³/mol. The zero-order valence-electron chi connectivity index (χ0n) is 16.6. The van der Waals surface area contributed by atoms with Crippen molar-refractivity contribution >= 4 is 23.6 Å². The van der Waals surface area contributed by atoms with Crippen LogP contribution in [0.15, 0.2) is 94.7 Å². The molecule has 0 aliphatic carbocycles. The van der Waals surface area contributed by atoms with Crippen molar-refractivity contribution in [2.45, 2.75) is 12.8 Å². The fourth-order valence-electron chi connectivity index (χ4n) is 2.87. The maximum Gasteiger partial charge on any atom is 0.259 e. The summed E-state index contributed by atoms with van der Waals surface area (Å²) in [6.07, 6.45) is 5.05. The summed E-state index contributed by atoms with van der Waals surface area (Å²) in [5.41, 5.74) is 4.75. The van der Waals surface area contributed by atoms with E-state index in [-0.39, 0.29) is 12.5 Å². The highest BCUT2D eigenvalue weighted by Crippen LogP contribution is 2.24. The summed E-state index contributed by atoms with van der Waals surface area (Å²) in [5.74, 6) is -0.465. The van der Waals surface area contributed by atoms with Gasteiger partial charge in [-0.1, -0.05) is 60.7 Å². The van der Waals surface area contributed by atoms with Crippen LogP contribution in [0.1, 0.15) is 29.7 Å². The number of furan rings is 1. The Hall–Kier alpha value is -3.93. The first-order chi connectivity index (χ1) is 14.6. The molecule has 2 amide bonds. The van der Waals surface area contributed by atoms with Gasteiger partial charge in [0.2, 0.25) is 5.91 Å². The Kier molecular flexibility index (Phi) is 7.33. The van der Waals surface area contributed by atoms with Gasteiger partial charge in [0.25, 0.3) is 5.91 Å². The molecule has 3 aromatic rings. The fourth-order valence-corrected chi connectivity index (χ4v) is 2.87. The quantitative estimate of drug-likeness (QED) is 0.446. The minimum absolute atomic E-state index is 0.173. The van der Waals surface area contributed by atoms with Crippen molar-refractivity contribution in [3.63, 3.8) is 0 Å². The Morgan fingerprint density at radius 1 is 0.967 bits per heavy atom. The molecule has 2 aromatic carbocycles. The van der Waals surface area contributed by atoms with Gasteiger partial charge in [-0.15, -0.1) is 0 Å². The van der Waals surface area contributed by atoms with Crippen molar-refractivity contribution in [1.29, 1.82) is 0 Å². The molecule has 0 aliphatic rings. The van der Waals surface area contributed by atoms with Gasteiger partial charge in [-0.05, 0) is 42.3 Å². The molecule has 0 unspecified atom stereocenters. The predicted octanol–water partition coefficient (Wildman–Crippen LogP) is 3.73. The van der Waals surface area contributed by atoms with Crippen LogP contribution in [0.2, 0.25) is 0 Å². The van der Waals surface area contributed by atoms with E-state index in [0.29, 0.717) is 11.5 Å². The Bertz CT molecular complexity index is 971. The standard InChI is InChI=1S/C24H23N3O3/c1-18(14-15-21-13-8-16-30-21)26-27-22(28)17-25-24(29)23(19-9-4-2-5-10-19)20-11-6-3-7-12-20/h2-16,23H,17H2,1H3,(H,25,29)(H,27,28). The monoisotopic (exact) mass is 401 g/mol. The summed E-state index contributed by atoms with van der Waals surface area (Å²) in [5, 5.41) is 6.70. The molecule has 0 saturated heterocycles. The Morgan fingerprint density at radius 2 is 1.60 bits per heavy atom. The van der Waals surface area contributed by atoms with E-state index in [9.17, 15) is 9.59 Å². The summed E-state index contributed by atoms with van der Waals surface area (Å²) >= 11 is 0. The Balaban J connectivity index is 1.58. The first kappa shape index (κ1) is 20.8. The van der Waals surface area contributed by atoms with Gasteiger partial charge in [0.05, 0.1) is 24.4 Å². The van der Waals surface area contributed by atoms with E-state index in [4.69, 9.17) is 4.42 Å². The molecular formula is C24H23N3O3. The van der Waals surface area contributed by atoms with Crippen LogP contribution in [-0.2, 0) is 9.59 Å². The summed E-state index contributed by atoms with van der Waals surface area (Å²) in [7, 11) is 0. The molecule has 0 bridgehead atoms. The van der Waals surface area contributed by atoms with Gasteiger partial charge >= 0.3 is 0 Å². The first-order valence-corrected chi connectivity index (χ1v) is 9.56. The van der Waals surface area contributed by atoms with Gasteiger partial charge in [-0.25, -0.2) is 5.43 Å². The smallest absolute Gasteiger partial charge is 0.259 e. The van der Waals surface area contributed by atoms with Gasteiger partial charge in [-0.3, -0.25) is 9.59 Å². The molecule has 0 aliphatic heterocycles. The highest BCUT2D eigenvalue weighted by molar-refractivity contribution is 5.97. The highest BCUT2D eigenvalue weighted by Gasteiger charge is 2.22. The van der Waals surface area contributed by atoms with E-state index in [2.05, 4.69) is 15.8 Å². The second-order valence-electron chi connectivity index (χ2n) is 6.61.